The van der Waals surface area contributed by atoms with Gasteiger partial charge in [0.2, 0.25) is 0 Å². The summed E-state index contributed by atoms with van der Waals surface area (Å²) in [7, 11) is 0. The molecular formula is C15H17NO2. The maximum Gasteiger partial charge on any atom is 0.0833 e. The Labute approximate surface area is 106 Å². The minimum atomic E-state index is 0.0643. The summed E-state index contributed by atoms with van der Waals surface area (Å²) in [5, 5.41) is 10.4. The highest BCUT2D eigenvalue weighted by atomic mass is 16.5. The lowest BCUT2D eigenvalue weighted by Crippen LogP contribution is -2.00. The number of aryl methyl sites for hydroxylation is 1. The minimum absolute atomic E-state index is 0.0643. The predicted molar refractivity (Wildman–Crippen MR) is 70.3 cm³/mol. The van der Waals surface area contributed by atoms with Gasteiger partial charge in [-0.05, 0) is 49.1 Å². The van der Waals surface area contributed by atoms with Gasteiger partial charge in [-0.25, -0.2) is 0 Å². The summed E-state index contributed by atoms with van der Waals surface area (Å²) in [4.78, 5) is 4.55. The molecule has 1 aliphatic heterocycles. The first-order valence-corrected chi connectivity index (χ1v) is 6.40. The number of nitrogens with zero attached hydrogens (tertiary/aromatic N) is 1. The molecule has 0 spiro atoms. The van der Waals surface area contributed by atoms with Crippen LogP contribution in [0.25, 0.3) is 10.9 Å². The van der Waals surface area contributed by atoms with Crippen molar-refractivity contribution >= 4 is 10.9 Å². The third-order valence-corrected chi connectivity index (χ3v) is 3.49. The van der Waals surface area contributed by atoms with E-state index in [0.29, 0.717) is 0 Å². The minimum Gasteiger partial charge on any atom is -0.392 e. The van der Waals surface area contributed by atoms with Crippen LogP contribution in [0.1, 0.15) is 35.8 Å². The predicted octanol–water partition coefficient (Wildman–Crippen LogP) is 2.89. The molecule has 18 heavy (non-hydrogen) atoms. The summed E-state index contributed by atoms with van der Waals surface area (Å²) in [6.07, 6.45) is 2.37. The summed E-state index contributed by atoms with van der Waals surface area (Å²) >= 11 is 0. The zero-order valence-electron chi connectivity index (χ0n) is 10.5. The molecule has 1 fully saturated rings. The molecule has 0 radical (unpaired) electrons. The highest BCUT2D eigenvalue weighted by molar-refractivity contribution is 5.83. The van der Waals surface area contributed by atoms with Crippen molar-refractivity contribution in [1.82, 2.24) is 4.98 Å². The Balaban J connectivity index is 2.20. The maximum atomic E-state index is 9.26. The van der Waals surface area contributed by atoms with Gasteiger partial charge in [0.25, 0.3) is 0 Å². The number of pyridine rings is 1. The number of aromatic nitrogens is 1. The maximum absolute atomic E-state index is 9.26. The van der Waals surface area contributed by atoms with Crippen LogP contribution in [-0.2, 0) is 11.3 Å². The third-order valence-electron chi connectivity index (χ3n) is 3.49. The third kappa shape index (κ3) is 2.00. The summed E-state index contributed by atoms with van der Waals surface area (Å²) < 4.78 is 5.79. The van der Waals surface area contributed by atoms with E-state index in [9.17, 15) is 5.11 Å². The van der Waals surface area contributed by atoms with Gasteiger partial charge in [0.15, 0.2) is 0 Å². The molecule has 3 nitrogen and oxygen atoms in total. The topological polar surface area (TPSA) is 42.4 Å². The normalized spacial score (nSPS) is 19.6. The second-order valence-electron chi connectivity index (χ2n) is 4.86. The quantitative estimate of drug-likeness (QED) is 0.881. The fraction of sp³-hybridized carbons (Fsp3) is 0.400. The number of fused-ring (bicyclic) bond motifs is 1. The monoisotopic (exact) mass is 243 g/mol. The molecular weight excluding hydrogens is 226 g/mol. The number of benzene rings is 1. The molecule has 1 unspecified atom stereocenters. The van der Waals surface area contributed by atoms with Crippen LogP contribution >= 0.6 is 0 Å². The molecule has 0 amide bonds. The standard InChI is InChI=1S/C15H17NO2/c1-10-7-13(15-3-2-6-18-15)12-8-11(9-17)4-5-14(12)16-10/h4-5,7-8,15,17H,2-3,6,9H2,1H3. The van der Waals surface area contributed by atoms with Crippen molar-refractivity contribution < 1.29 is 9.84 Å². The summed E-state index contributed by atoms with van der Waals surface area (Å²) in [6, 6.07) is 8.04. The van der Waals surface area contributed by atoms with Gasteiger partial charge in [-0.1, -0.05) is 6.07 Å². The fourth-order valence-corrected chi connectivity index (χ4v) is 2.62. The second kappa shape index (κ2) is 4.67. The second-order valence-corrected chi connectivity index (χ2v) is 4.86. The van der Waals surface area contributed by atoms with Gasteiger partial charge < -0.3 is 9.84 Å². The lowest BCUT2D eigenvalue weighted by molar-refractivity contribution is 0.113. The fourth-order valence-electron chi connectivity index (χ4n) is 2.62. The Kier molecular flexibility index (Phi) is 3.02. The van der Waals surface area contributed by atoms with Gasteiger partial charge in [-0.3, -0.25) is 4.98 Å². The van der Waals surface area contributed by atoms with Crippen LogP contribution in [0, 0.1) is 6.92 Å². The number of ether oxygens (including phenoxy) is 1. The SMILES string of the molecule is Cc1cc(C2CCCO2)c2cc(CO)ccc2n1. The Bertz CT molecular complexity index is 574. The largest absolute Gasteiger partial charge is 0.392 e. The van der Waals surface area contributed by atoms with E-state index in [1.807, 2.05) is 25.1 Å². The first-order valence-electron chi connectivity index (χ1n) is 6.40. The van der Waals surface area contributed by atoms with Crippen LogP contribution in [0.4, 0.5) is 0 Å². The smallest absolute Gasteiger partial charge is 0.0833 e. The van der Waals surface area contributed by atoms with E-state index < -0.39 is 0 Å². The van der Waals surface area contributed by atoms with E-state index in [1.165, 1.54) is 5.56 Å². The van der Waals surface area contributed by atoms with Crippen LogP contribution in [0.2, 0.25) is 0 Å². The zero-order valence-corrected chi connectivity index (χ0v) is 10.5. The molecule has 3 rings (SSSR count). The lowest BCUT2D eigenvalue weighted by atomic mass is 9.99. The molecule has 0 aliphatic carbocycles. The molecule has 0 bridgehead atoms. The van der Waals surface area contributed by atoms with Gasteiger partial charge in [0.05, 0.1) is 18.2 Å². The van der Waals surface area contributed by atoms with Crippen molar-refractivity contribution in [1.29, 1.82) is 0 Å². The van der Waals surface area contributed by atoms with E-state index >= 15 is 0 Å². The summed E-state index contributed by atoms with van der Waals surface area (Å²) in [5.41, 5.74) is 4.14. The average molecular weight is 243 g/mol. The van der Waals surface area contributed by atoms with E-state index in [4.69, 9.17) is 4.74 Å². The highest BCUT2D eigenvalue weighted by Crippen LogP contribution is 2.33. The molecule has 1 aliphatic rings. The summed E-state index contributed by atoms with van der Waals surface area (Å²) in [6.45, 7) is 2.92. The number of aliphatic hydroxyl groups excluding tert-OH is 1. The summed E-state index contributed by atoms with van der Waals surface area (Å²) in [5.74, 6) is 0. The van der Waals surface area contributed by atoms with Crippen LogP contribution in [-0.4, -0.2) is 16.7 Å². The van der Waals surface area contributed by atoms with Gasteiger partial charge in [0, 0.05) is 17.7 Å². The van der Waals surface area contributed by atoms with E-state index in [1.54, 1.807) is 0 Å². The van der Waals surface area contributed by atoms with Crippen LogP contribution in [0.15, 0.2) is 24.3 Å². The van der Waals surface area contributed by atoms with E-state index in [0.717, 1.165) is 41.6 Å². The molecule has 94 valence electrons. The van der Waals surface area contributed by atoms with E-state index in [2.05, 4.69) is 11.1 Å². The Hall–Kier alpha value is -1.45. The number of rotatable bonds is 2. The molecule has 1 saturated heterocycles. The first-order chi connectivity index (χ1) is 8.78. The zero-order chi connectivity index (χ0) is 12.5. The van der Waals surface area contributed by atoms with Crippen molar-refractivity contribution in [3.05, 3.63) is 41.1 Å². The van der Waals surface area contributed by atoms with Crippen LogP contribution in [0.5, 0.6) is 0 Å². The van der Waals surface area contributed by atoms with E-state index in [-0.39, 0.29) is 12.7 Å². The highest BCUT2D eigenvalue weighted by Gasteiger charge is 2.20. The van der Waals surface area contributed by atoms with Crippen molar-refractivity contribution in [3.63, 3.8) is 0 Å². The van der Waals surface area contributed by atoms with Crippen molar-refractivity contribution in [3.8, 4) is 0 Å². The van der Waals surface area contributed by atoms with Crippen molar-refractivity contribution in [2.75, 3.05) is 6.61 Å². The van der Waals surface area contributed by atoms with Crippen LogP contribution < -0.4 is 0 Å². The molecule has 1 N–H and O–H groups in total. The van der Waals surface area contributed by atoms with Gasteiger partial charge in [0.1, 0.15) is 0 Å². The molecule has 2 aromatic rings. The number of aliphatic hydroxyl groups is 1. The Morgan fingerprint density at radius 2 is 2.28 bits per heavy atom. The van der Waals surface area contributed by atoms with Crippen LogP contribution in [0.3, 0.4) is 0 Å². The first kappa shape index (κ1) is 11.6. The molecule has 1 atom stereocenters. The van der Waals surface area contributed by atoms with Crippen molar-refractivity contribution in [2.24, 2.45) is 0 Å². The molecule has 3 heteroatoms. The molecule has 1 aromatic carbocycles. The average Bonchev–Trinajstić information content (AvgIpc) is 2.91. The molecule has 1 aromatic heterocycles. The molecule has 0 saturated carbocycles. The lowest BCUT2D eigenvalue weighted by Gasteiger charge is -2.14. The Morgan fingerprint density at radius 3 is 3.00 bits per heavy atom. The van der Waals surface area contributed by atoms with Gasteiger partial charge in [-0.15, -0.1) is 0 Å². The number of hydrogen-bond acceptors (Lipinski definition) is 3. The van der Waals surface area contributed by atoms with Gasteiger partial charge >= 0.3 is 0 Å². The Morgan fingerprint density at radius 1 is 1.39 bits per heavy atom. The number of hydrogen-bond donors (Lipinski definition) is 1. The molecule has 2 heterocycles. The van der Waals surface area contributed by atoms with Gasteiger partial charge in [-0.2, -0.15) is 0 Å². The van der Waals surface area contributed by atoms with Crippen molar-refractivity contribution in [2.45, 2.75) is 32.5 Å².